The van der Waals surface area contributed by atoms with Crippen LogP contribution in [-0.4, -0.2) is 260 Å². The van der Waals surface area contributed by atoms with E-state index >= 15 is 0 Å². The van der Waals surface area contributed by atoms with Gasteiger partial charge in [-0.25, -0.2) is 0 Å². The Morgan fingerprint density at radius 3 is 0.987 bits per heavy atom. The molecular weight excluding hydrogens is 1010 g/mol. The van der Waals surface area contributed by atoms with Crippen LogP contribution in [0.1, 0.15) is 67.9 Å². The van der Waals surface area contributed by atoms with E-state index in [4.69, 9.17) is 61.6 Å². The highest BCUT2D eigenvalue weighted by atomic mass is 16.6. The first kappa shape index (κ1) is 69.5. The fourth-order valence-electron chi connectivity index (χ4n) is 6.30. The Kier molecular flexibility index (Phi) is 36.4. The molecule has 0 fully saturated rings. The molecule has 0 unspecified atom stereocenters. The fraction of sp³-hybridized carbons (Fsp3) is 0.784. The molecule has 0 radical (unpaired) electrons. The number of ether oxygens (including phenoxy) is 13. The predicted molar refractivity (Wildman–Crippen MR) is 275 cm³/mol. The molecule has 1 rings (SSSR count). The predicted octanol–water partition coefficient (Wildman–Crippen LogP) is 2.66. The van der Waals surface area contributed by atoms with E-state index in [-0.39, 0.29) is 106 Å². The number of carbonyl (C=O) groups excluding carboxylic acids is 1. The first-order chi connectivity index (χ1) is 35.8. The van der Waals surface area contributed by atoms with E-state index in [1.54, 1.807) is 12.1 Å². The number of rotatable bonds is 48. The van der Waals surface area contributed by atoms with Crippen molar-refractivity contribution < 1.29 is 106 Å². The highest BCUT2D eigenvalue weighted by Gasteiger charge is 2.22. The topological polar surface area (TPSA) is 296 Å². The van der Waals surface area contributed by atoms with Gasteiger partial charge in [0.05, 0.1) is 149 Å². The van der Waals surface area contributed by atoms with Gasteiger partial charge in [-0.2, -0.15) is 0 Å². The first-order valence-corrected chi connectivity index (χ1v) is 25.5. The minimum absolute atomic E-state index is 0.0641. The summed E-state index contributed by atoms with van der Waals surface area (Å²) < 4.78 is 75.4. The molecule has 0 spiro atoms. The lowest BCUT2D eigenvalue weighted by atomic mass is 10.2. The molecule has 0 aromatic heterocycles. The summed E-state index contributed by atoms with van der Waals surface area (Å²) in [7, 11) is 0. The van der Waals surface area contributed by atoms with Gasteiger partial charge in [-0.15, -0.1) is 0 Å². The molecule has 0 saturated heterocycles. The second-order valence-electron chi connectivity index (χ2n) is 20.0. The normalized spacial score (nSPS) is 12.2. The number of carbonyl (C=O) groups is 5. The Morgan fingerprint density at radius 1 is 0.382 bits per heavy atom. The van der Waals surface area contributed by atoms with Crippen LogP contribution in [0.3, 0.4) is 0 Å². The Labute approximate surface area is 448 Å². The molecule has 0 saturated carbocycles. The summed E-state index contributed by atoms with van der Waals surface area (Å²) in [5.74, 6) is -5.16. The van der Waals surface area contributed by atoms with Crippen molar-refractivity contribution >= 4 is 29.8 Å². The minimum atomic E-state index is -1.27. The van der Waals surface area contributed by atoms with Gasteiger partial charge in [0, 0.05) is 26.2 Å². The monoisotopic (exact) mass is 1100 g/mol. The molecule has 1 aromatic rings. The third-order valence-corrected chi connectivity index (χ3v) is 9.58. The zero-order chi connectivity index (χ0) is 56.8. The van der Waals surface area contributed by atoms with Crippen LogP contribution in [0, 0.1) is 0 Å². The van der Waals surface area contributed by atoms with E-state index in [0.29, 0.717) is 84.8 Å². The van der Waals surface area contributed by atoms with Crippen LogP contribution in [-0.2, 0) is 77.9 Å². The summed E-state index contributed by atoms with van der Waals surface area (Å²) in [5, 5.41) is 37.6. The Hall–Kier alpha value is -4.51. The molecule has 0 aliphatic rings. The quantitative estimate of drug-likeness (QED) is 0.0539. The highest BCUT2D eigenvalue weighted by molar-refractivity contribution is 5.74. The van der Waals surface area contributed by atoms with Gasteiger partial charge in [-0.1, -0.05) is 0 Å². The van der Waals surface area contributed by atoms with Crippen molar-refractivity contribution in [2.45, 2.75) is 85.7 Å². The van der Waals surface area contributed by atoms with Crippen molar-refractivity contribution in [3.8, 4) is 17.2 Å². The largest absolute Gasteiger partial charge is 0.487 e. The molecule has 4 N–H and O–H groups in total. The molecular formula is C51H89N3O22. The minimum Gasteiger partial charge on any atom is -0.487 e. The Balaban J connectivity index is 3.24. The number of aliphatic carboxylic acids is 4. The van der Waals surface area contributed by atoms with Gasteiger partial charge in [-0.05, 0) is 80.0 Å². The summed E-state index contributed by atoms with van der Waals surface area (Å²) in [5.41, 5.74) is -0.404. The molecule has 0 aliphatic heterocycles. The molecule has 440 valence electrons. The summed E-state index contributed by atoms with van der Waals surface area (Å²) in [4.78, 5) is 63.2. The van der Waals surface area contributed by atoms with Crippen molar-refractivity contribution in [2.75, 3.05) is 178 Å². The van der Waals surface area contributed by atoms with Crippen molar-refractivity contribution in [1.29, 1.82) is 0 Å². The lowest BCUT2D eigenvalue weighted by Gasteiger charge is -2.27. The van der Waals surface area contributed by atoms with Crippen molar-refractivity contribution in [2.24, 2.45) is 0 Å². The smallest absolute Gasteiger partial charge is 0.320 e. The fourth-order valence-corrected chi connectivity index (χ4v) is 6.30. The number of benzene rings is 1. The van der Waals surface area contributed by atoms with E-state index in [1.165, 1.54) is 9.80 Å². The zero-order valence-corrected chi connectivity index (χ0v) is 46.4. The molecule has 1 aromatic carbocycles. The van der Waals surface area contributed by atoms with Gasteiger partial charge in [0.15, 0.2) is 11.5 Å². The molecule has 0 atom stereocenters. The average molecular weight is 1100 g/mol. The number of hydrogen-bond donors (Lipinski definition) is 4. The van der Waals surface area contributed by atoms with Crippen LogP contribution in [0.25, 0.3) is 0 Å². The van der Waals surface area contributed by atoms with Gasteiger partial charge in [0.1, 0.15) is 26.4 Å². The lowest BCUT2D eigenvalue weighted by molar-refractivity contribution is -0.148. The average Bonchev–Trinajstić information content (AvgIpc) is 3.29. The van der Waals surface area contributed by atoms with E-state index < -0.39 is 62.6 Å². The molecule has 25 heteroatoms. The maximum absolute atomic E-state index is 13.4. The Morgan fingerprint density at radius 2 is 0.658 bits per heavy atom. The van der Waals surface area contributed by atoms with Gasteiger partial charge >= 0.3 is 29.8 Å². The maximum Gasteiger partial charge on any atom is 0.320 e. The third kappa shape index (κ3) is 41.6. The molecule has 0 aliphatic carbocycles. The summed E-state index contributed by atoms with van der Waals surface area (Å²) in [6, 6.07) is 3.21. The Bertz CT molecular complexity index is 1700. The zero-order valence-electron chi connectivity index (χ0n) is 46.4. The van der Waals surface area contributed by atoms with E-state index in [1.807, 2.05) is 62.3 Å². The molecule has 25 nitrogen and oxygen atoms in total. The van der Waals surface area contributed by atoms with Gasteiger partial charge < -0.3 is 82.0 Å². The van der Waals surface area contributed by atoms with Crippen LogP contribution < -0.4 is 14.2 Å². The van der Waals surface area contributed by atoms with E-state index in [2.05, 4.69) is 0 Å². The van der Waals surface area contributed by atoms with Crippen LogP contribution in [0.4, 0.5) is 0 Å². The molecule has 0 bridgehead atoms. The van der Waals surface area contributed by atoms with Crippen LogP contribution >= 0.6 is 0 Å². The summed E-state index contributed by atoms with van der Waals surface area (Å²) in [6.45, 7) is 19.4. The summed E-state index contributed by atoms with van der Waals surface area (Å²) >= 11 is 0. The highest BCUT2D eigenvalue weighted by Crippen LogP contribution is 2.39. The number of carboxylic acid groups (broad SMARTS) is 4. The number of carboxylic acids is 4. The maximum atomic E-state index is 13.4. The first-order valence-electron chi connectivity index (χ1n) is 25.5. The molecule has 0 amide bonds. The lowest BCUT2D eigenvalue weighted by Crippen LogP contribution is -2.45. The van der Waals surface area contributed by atoms with Crippen molar-refractivity contribution in [3.63, 3.8) is 0 Å². The van der Waals surface area contributed by atoms with Gasteiger partial charge in [-0.3, -0.25) is 38.7 Å². The second-order valence-corrected chi connectivity index (χ2v) is 20.0. The van der Waals surface area contributed by atoms with E-state index in [0.717, 1.165) is 4.90 Å². The van der Waals surface area contributed by atoms with Crippen LogP contribution in [0.2, 0.25) is 0 Å². The van der Waals surface area contributed by atoms with Crippen LogP contribution in [0.5, 0.6) is 17.2 Å². The third-order valence-electron chi connectivity index (χ3n) is 9.58. The number of nitrogens with zero attached hydrogens (tertiary/aromatic N) is 3. The van der Waals surface area contributed by atoms with Crippen molar-refractivity contribution in [3.05, 3.63) is 17.7 Å². The van der Waals surface area contributed by atoms with Gasteiger partial charge in [0.2, 0.25) is 5.75 Å². The van der Waals surface area contributed by atoms with Crippen molar-refractivity contribution in [1.82, 2.24) is 14.7 Å². The SMILES string of the molecule is CC(C)(C)OCCOCCOCCOc1cc(COC(=O)CN(CCN(CCN(CC(=O)O)CC(=O)O)CC(=O)O)CC(=O)O)cc(OCCOCCOCCOC(C)(C)C)c1OCCOCCOCCOC(C)(C)C. The number of hydrogen-bond acceptors (Lipinski definition) is 21. The summed E-state index contributed by atoms with van der Waals surface area (Å²) in [6.07, 6.45) is 0. The number of esters is 1. The second kappa shape index (κ2) is 39.8. The molecule has 76 heavy (non-hydrogen) atoms. The van der Waals surface area contributed by atoms with Crippen LogP contribution in [0.15, 0.2) is 12.1 Å². The van der Waals surface area contributed by atoms with Gasteiger partial charge in [0.25, 0.3) is 0 Å². The van der Waals surface area contributed by atoms with E-state index in [9.17, 15) is 44.4 Å². The standard InChI is InChI=1S/C51H89N3O22/c1-49(2,3)74-29-23-67-17-14-64-20-26-70-41-32-40(39-73-47(63)38-54(37-46(61)62)13-11-52(34-43(55)56)10-12-53(35-44(57)58)36-45(59)60)33-42(71-27-21-65-15-18-68-24-30-75-50(4,5)6)48(41)72-28-22-66-16-19-69-25-31-76-51(7,8)9/h32-33H,10-31,34-39H2,1-9H3,(H,55,56)(H,57,58)(H,59,60)(H,61,62). The molecule has 0 heterocycles.